The number of aliphatic carboxylic acids is 1. The second-order valence-corrected chi connectivity index (χ2v) is 7.65. The molecule has 20 heavy (non-hydrogen) atoms. The van der Waals surface area contributed by atoms with Crippen LogP contribution in [0.15, 0.2) is 0 Å². The standard InChI is InChI=1S/C16H32N2O2/c1-15(2,3)18-12-10-17(11-13-18)9-7-6-8-16(4,5)14(19)20/h6-13H2,1-5H3,(H,19,20). The maximum Gasteiger partial charge on any atom is 0.309 e. The Kier molecular flexibility index (Phi) is 6.02. The van der Waals surface area contributed by atoms with Crippen molar-refractivity contribution < 1.29 is 9.90 Å². The van der Waals surface area contributed by atoms with Gasteiger partial charge in [-0.15, -0.1) is 0 Å². The molecule has 1 saturated heterocycles. The Morgan fingerprint density at radius 3 is 2.00 bits per heavy atom. The number of carboxylic acids is 1. The molecule has 1 aliphatic rings. The summed E-state index contributed by atoms with van der Waals surface area (Å²) in [5, 5.41) is 9.08. The smallest absolute Gasteiger partial charge is 0.309 e. The first-order valence-corrected chi connectivity index (χ1v) is 7.84. The van der Waals surface area contributed by atoms with Crippen molar-refractivity contribution >= 4 is 5.97 Å². The second-order valence-electron chi connectivity index (χ2n) is 7.65. The molecule has 0 radical (unpaired) electrons. The molecular weight excluding hydrogens is 252 g/mol. The van der Waals surface area contributed by atoms with Gasteiger partial charge in [-0.1, -0.05) is 6.42 Å². The molecule has 0 bridgehead atoms. The van der Waals surface area contributed by atoms with Gasteiger partial charge in [0.2, 0.25) is 0 Å². The highest BCUT2D eigenvalue weighted by atomic mass is 16.4. The van der Waals surface area contributed by atoms with Crippen molar-refractivity contribution in [2.75, 3.05) is 32.7 Å². The summed E-state index contributed by atoms with van der Waals surface area (Å²) in [5.41, 5.74) is -0.303. The summed E-state index contributed by atoms with van der Waals surface area (Å²) in [4.78, 5) is 16.1. The van der Waals surface area contributed by atoms with E-state index >= 15 is 0 Å². The lowest BCUT2D eigenvalue weighted by atomic mass is 9.87. The Morgan fingerprint density at radius 1 is 1.00 bits per heavy atom. The zero-order valence-electron chi connectivity index (χ0n) is 13.9. The molecule has 0 unspecified atom stereocenters. The summed E-state index contributed by atoms with van der Waals surface area (Å²) in [6.07, 6.45) is 2.87. The van der Waals surface area contributed by atoms with Gasteiger partial charge in [0.15, 0.2) is 0 Å². The van der Waals surface area contributed by atoms with Crippen LogP contribution in [0.1, 0.15) is 53.9 Å². The van der Waals surface area contributed by atoms with Crippen molar-refractivity contribution in [3.63, 3.8) is 0 Å². The van der Waals surface area contributed by atoms with E-state index in [2.05, 4.69) is 30.6 Å². The fourth-order valence-corrected chi connectivity index (χ4v) is 2.65. The van der Waals surface area contributed by atoms with Gasteiger partial charge < -0.3 is 10.0 Å². The van der Waals surface area contributed by atoms with E-state index in [-0.39, 0.29) is 5.54 Å². The van der Waals surface area contributed by atoms with Crippen LogP contribution in [0.25, 0.3) is 0 Å². The Labute approximate surface area is 124 Å². The zero-order chi connectivity index (χ0) is 15.4. The van der Waals surface area contributed by atoms with Gasteiger partial charge in [-0.2, -0.15) is 0 Å². The Hall–Kier alpha value is -0.610. The van der Waals surface area contributed by atoms with Crippen LogP contribution >= 0.6 is 0 Å². The summed E-state index contributed by atoms with van der Waals surface area (Å²) < 4.78 is 0. The first-order valence-electron chi connectivity index (χ1n) is 7.84. The van der Waals surface area contributed by atoms with Crippen LogP contribution in [0.5, 0.6) is 0 Å². The van der Waals surface area contributed by atoms with E-state index < -0.39 is 11.4 Å². The van der Waals surface area contributed by atoms with Gasteiger partial charge in [-0.3, -0.25) is 9.69 Å². The van der Waals surface area contributed by atoms with Gasteiger partial charge in [0, 0.05) is 31.7 Å². The van der Waals surface area contributed by atoms with Crippen LogP contribution in [0, 0.1) is 5.41 Å². The third-order valence-electron chi connectivity index (χ3n) is 4.43. The summed E-state index contributed by atoms with van der Waals surface area (Å²) in [6, 6.07) is 0. The zero-order valence-corrected chi connectivity index (χ0v) is 13.9. The molecule has 118 valence electrons. The van der Waals surface area contributed by atoms with E-state index in [0.29, 0.717) is 0 Å². The van der Waals surface area contributed by atoms with Crippen LogP contribution in [0.4, 0.5) is 0 Å². The number of unbranched alkanes of at least 4 members (excludes halogenated alkanes) is 1. The van der Waals surface area contributed by atoms with Gasteiger partial charge in [-0.25, -0.2) is 0 Å². The molecule has 0 amide bonds. The molecule has 4 heteroatoms. The average molecular weight is 284 g/mol. The minimum atomic E-state index is -0.684. The first kappa shape index (κ1) is 17.4. The molecule has 0 aliphatic carbocycles. The molecule has 0 spiro atoms. The quantitative estimate of drug-likeness (QED) is 0.762. The predicted molar refractivity (Wildman–Crippen MR) is 83.0 cm³/mol. The van der Waals surface area contributed by atoms with Crippen LogP contribution in [-0.4, -0.2) is 59.1 Å². The minimum Gasteiger partial charge on any atom is -0.481 e. The average Bonchev–Trinajstić information content (AvgIpc) is 2.34. The Morgan fingerprint density at radius 2 is 1.55 bits per heavy atom. The van der Waals surface area contributed by atoms with Crippen molar-refractivity contribution in [2.24, 2.45) is 5.41 Å². The third kappa shape index (κ3) is 5.41. The predicted octanol–water partition coefficient (Wildman–Crippen LogP) is 2.68. The topological polar surface area (TPSA) is 43.8 Å². The molecule has 1 N–H and O–H groups in total. The van der Waals surface area contributed by atoms with Crippen LogP contribution in [-0.2, 0) is 4.79 Å². The lowest BCUT2D eigenvalue weighted by Gasteiger charge is -2.42. The summed E-state index contributed by atoms with van der Waals surface area (Å²) in [6.45, 7) is 16.1. The molecular formula is C16H32N2O2. The van der Waals surface area contributed by atoms with Crippen molar-refractivity contribution in [2.45, 2.75) is 59.4 Å². The van der Waals surface area contributed by atoms with Crippen LogP contribution < -0.4 is 0 Å². The molecule has 0 aromatic heterocycles. The van der Waals surface area contributed by atoms with E-state index in [4.69, 9.17) is 5.11 Å². The molecule has 0 atom stereocenters. The summed E-state index contributed by atoms with van der Waals surface area (Å²) in [7, 11) is 0. The highest BCUT2D eigenvalue weighted by Gasteiger charge is 2.27. The monoisotopic (exact) mass is 284 g/mol. The van der Waals surface area contributed by atoms with Gasteiger partial charge in [0.1, 0.15) is 0 Å². The van der Waals surface area contributed by atoms with Crippen LogP contribution in [0.3, 0.4) is 0 Å². The number of carboxylic acid groups (broad SMARTS) is 1. The minimum absolute atomic E-state index is 0.275. The van der Waals surface area contributed by atoms with E-state index in [9.17, 15) is 4.79 Å². The van der Waals surface area contributed by atoms with E-state index in [1.165, 1.54) is 0 Å². The number of hydrogen-bond acceptors (Lipinski definition) is 3. The largest absolute Gasteiger partial charge is 0.481 e. The lowest BCUT2D eigenvalue weighted by molar-refractivity contribution is -0.147. The Balaban J connectivity index is 2.18. The first-order chi connectivity index (χ1) is 9.13. The number of carbonyl (C=O) groups is 1. The van der Waals surface area contributed by atoms with Gasteiger partial charge in [-0.05, 0) is 54.0 Å². The molecule has 4 nitrogen and oxygen atoms in total. The molecule has 1 fully saturated rings. The summed E-state index contributed by atoms with van der Waals surface area (Å²) in [5.74, 6) is -0.684. The molecule has 1 heterocycles. The van der Waals surface area contributed by atoms with Gasteiger partial charge >= 0.3 is 5.97 Å². The molecule has 0 aromatic rings. The van der Waals surface area contributed by atoms with Crippen molar-refractivity contribution in [3.8, 4) is 0 Å². The van der Waals surface area contributed by atoms with E-state index in [0.717, 1.165) is 52.0 Å². The molecule has 1 rings (SSSR count). The van der Waals surface area contributed by atoms with Gasteiger partial charge in [0.05, 0.1) is 5.41 Å². The number of hydrogen-bond donors (Lipinski definition) is 1. The van der Waals surface area contributed by atoms with E-state index in [1.807, 2.05) is 13.8 Å². The van der Waals surface area contributed by atoms with E-state index in [1.54, 1.807) is 0 Å². The maximum atomic E-state index is 11.0. The second kappa shape index (κ2) is 6.90. The fourth-order valence-electron chi connectivity index (χ4n) is 2.65. The third-order valence-corrected chi connectivity index (χ3v) is 4.43. The maximum absolute atomic E-state index is 11.0. The van der Waals surface area contributed by atoms with Crippen molar-refractivity contribution in [1.29, 1.82) is 0 Å². The number of nitrogens with zero attached hydrogens (tertiary/aromatic N) is 2. The molecule has 0 saturated carbocycles. The number of piperazine rings is 1. The highest BCUT2D eigenvalue weighted by Crippen LogP contribution is 2.23. The number of rotatable bonds is 6. The summed E-state index contributed by atoms with van der Waals surface area (Å²) >= 11 is 0. The Bertz CT molecular complexity index is 313. The fraction of sp³-hybridized carbons (Fsp3) is 0.938. The normalized spacial score (nSPS) is 19.2. The SMILES string of the molecule is CC(C)(CCCCN1CCN(C(C)(C)C)CC1)C(=O)O. The molecule has 1 aliphatic heterocycles. The van der Waals surface area contributed by atoms with Crippen LogP contribution in [0.2, 0.25) is 0 Å². The van der Waals surface area contributed by atoms with Gasteiger partial charge in [0.25, 0.3) is 0 Å². The van der Waals surface area contributed by atoms with Crippen molar-refractivity contribution in [1.82, 2.24) is 9.80 Å². The highest BCUT2D eigenvalue weighted by molar-refractivity contribution is 5.73. The lowest BCUT2D eigenvalue weighted by Crippen LogP contribution is -2.53. The molecule has 0 aromatic carbocycles. The van der Waals surface area contributed by atoms with Crippen molar-refractivity contribution in [3.05, 3.63) is 0 Å².